The van der Waals surface area contributed by atoms with E-state index in [-0.39, 0.29) is 30.7 Å². The van der Waals surface area contributed by atoms with Gasteiger partial charge in [-0.3, -0.25) is 4.79 Å². The monoisotopic (exact) mass is 400 g/mol. The number of piperidine rings is 1. The van der Waals surface area contributed by atoms with Gasteiger partial charge in [0.25, 0.3) is 0 Å². The summed E-state index contributed by atoms with van der Waals surface area (Å²) < 4.78 is 5.35. The number of likely N-dealkylation sites (tertiary alicyclic amines) is 1. The van der Waals surface area contributed by atoms with Crippen molar-refractivity contribution >= 4 is 41.8 Å². The second-order valence-corrected chi connectivity index (χ2v) is 6.98. The van der Waals surface area contributed by atoms with Gasteiger partial charge in [0.2, 0.25) is 5.91 Å². The molecule has 0 aliphatic carbocycles. The van der Waals surface area contributed by atoms with Crippen molar-refractivity contribution in [2.24, 2.45) is 5.73 Å². The molecule has 8 heteroatoms. The van der Waals surface area contributed by atoms with Crippen LogP contribution in [0.4, 0.5) is 0 Å². The Morgan fingerprint density at radius 3 is 2.65 bits per heavy atom. The number of amides is 1. The van der Waals surface area contributed by atoms with E-state index in [1.54, 1.807) is 6.20 Å². The summed E-state index contributed by atoms with van der Waals surface area (Å²) >= 11 is 0. The first-order valence-corrected chi connectivity index (χ1v) is 8.75. The van der Waals surface area contributed by atoms with Crippen molar-refractivity contribution in [2.45, 2.75) is 37.1 Å². The Labute approximate surface area is 165 Å². The molecule has 2 fully saturated rings. The number of nitrogens with two attached hydrogens (primary N) is 1. The number of H-pyrrole nitrogens is 1. The number of hydrogen-bond donors (Lipinski definition) is 2. The fraction of sp³-hybridized carbons (Fsp3) is 0.556. The van der Waals surface area contributed by atoms with Gasteiger partial charge in [-0.05, 0) is 49.3 Å². The maximum absolute atomic E-state index is 12.8. The number of ether oxygens (including phenoxy) is 1. The van der Waals surface area contributed by atoms with Crippen LogP contribution in [0.1, 0.15) is 37.2 Å². The van der Waals surface area contributed by atoms with Gasteiger partial charge in [-0.15, -0.1) is 24.8 Å². The average Bonchev–Trinajstić information content (AvgIpc) is 3.06. The van der Waals surface area contributed by atoms with E-state index < -0.39 is 5.54 Å². The lowest BCUT2D eigenvalue weighted by Gasteiger charge is -2.39. The smallest absolute Gasteiger partial charge is 0.242 e. The number of halogens is 2. The van der Waals surface area contributed by atoms with Gasteiger partial charge < -0.3 is 20.4 Å². The van der Waals surface area contributed by atoms with Crippen LogP contribution in [-0.4, -0.2) is 52.6 Å². The molecule has 2 aromatic heterocycles. The molecule has 0 atom stereocenters. The SMILES string of the molecule is Cl.Cl.NC1(C(=O)N2CCC(c3c[nH]c4ncccc34)CC2)CCOCC1. The number of pyridine rings is 1. The van der Waals surface area contributed by atoms with Crippen LogP contribution in [0.5, 0.6) is 0 Å². The molecule has 2 aromatic rings. The topological polar surface area (TPSA) is 84.2 Å². The van der Waals surface area contributed by atoms with Gasteiger partial charge in [-0.1, -0.05) is 0 Å². The van der Waals surface area contributed by atoms with Gasteiger partial charge in [0.15, 0.2) is 0 Å². The summed E-state index contributed by atoms with van der Waals surface area (Å²) in [5.41, 5.74) is 7.88. The molecule has 3 N–H and O–H groups in total. The zero-order chi connectivity index (χ0) is 16.6. The molecule has 144 valence electrons. The van der Waals surface area contributed by atoms with Crippen LogP contribution < -0.4 is 5.73 Å². The predicted molar refractivity (Wildman–Crippen MR) is 106 cm³/mol. The predicted octanol–water partition coefficient (Wildman–Crippen LogP) is 2.62. The number of carbonyl (C=O) groups excluding carboxylic acids is 1. The van der Waals surface area contributed by atoms with E-state index in [0.29, 0.717) is 32.0 Å². The molecule has 0 spiro atoms. The highest BCUT2D eigenvalue weighted by Gasteiger charge is 2.40. The Bertz CT molecular complexity index is 738. The van der Waals surface area contributed by atoms with Crippen molar-refractivity contribution in [3.05, 3.63) is 30.1 Å². The average molecular weight is 401 g/mol. The lowest BCUT2D eigenvalue weighted by Crippen LogP contribution is -2.59. The van der Waals surface area contributed by atoms with Crippen molar-refractivity contribution in [3.63, 3.8) is 0 Å². The number of nitrogens with zero attached hydrogens (tertiary/aromatic N) is 2. The Morgan fingerprint density at radius 2 is 1.96 bits per heavy atom. The molecule has 2 aliphatic rings. The highest BCUT2D eigenvalue weighted by molar-refractivity contribution is 5.86. The lowest BCUT2D eigenvalue weighted by molar-refractivity contribution is -0.141. The van der Waals surface area contributed by atoms with Gasteiger partial charge in [0, 0.05) is 44.1 Å². The molecule has 4 heterocycles. The van der Waals surface area contributed by atoms with E-state index in [0.717, 1.165) is 31.6 Å². The first kappa shape index (κ1) is 21.0. The number of hydrogen-bond acceptors (Lipinski definition) is 4. The molecular weight excluding hydrogens is 375 g/mol. The van der Waals surface area contributed by atoms with E-state index in [1.807, 2.05) is 11.0 Å². The van der Waals surface area contributed by atoms with E-state index in [1.165, 1.54) is 10.9 Å². The fourth-order valence-corrected chi connectivity index (χ4v) is 3.97. The summed E-state index contributed by atoms with van der Waals surface area (Å²) in [7, 11) is 0. The maximum atomic E-state index is 12.8. The number of aromatic nitrogens is 2. The highest BCUT2D eigenvalue weighted by atomic mass is 35.5. The van der Waals surface area contributed by atoms with E-state index >= 15 is 0 Å². The molecule has 0 radical (unpaired) electrons. The van der Waals surface area contributed by atoms with Crippen molar-refractivity contribution in [3.8, 4) is 0 Å². The third-order valence-electron chi connectivity index (χ3n) is 5.52. The summed E-state index contributed by atoms with van der Waals surface area (Å²) in [5.74, 6) is 0.570. The van der Waals surface area contributed by atoms with E-state index in [2.05, 4.69) is 22.2 Å². The van der Waals surface area contributed by atoms with Crippen LogP contribution in [0.2, 0.25) is 0 Å². The quantitative estimate of drug-likeness (QED) is 0.810. The van der Waals surface area contributed by atoms with Gasteiger partial charge in [0.05, 0.1) is 5.54 Å². The zero-order valence-electron chi connectivity index (χ0n) is 14.6. The minimum atomic E-state index is -0.726. The number of fused-ring (bicyclic) bond motifs is 1. The molecule has 26 heavy (non-hydrogen) atoms. The summed E-state index contributed by atoms with van der Waals surface area (Å²) in [6, 6.07) is 4.09. The Hall–Kier alpha value is -1.34. The minimum Gasteiger partial charge on any atom is -0.381 e. The number of nitrogens with one attached hydrogen (secondary N) is 1. The Kier molecular flexibility index (Phi) is 6.91. The molecule has 0 unspecified atom stereocenters. The molecule has 4 rings (SSSR count). The molecule has 2 saturated heterocycles. The summed E-state index contributed by atoms with van der Waals surface area (Å²) in [6.07, 6.45) is 7.07. The molecule has 0 saturated carbocycles. The maximum Gasteiger partial charge on any atom is 0.242 e. The standard InChI is InChI=1S/C18H24N4O2.2ClH/c19-18(5-10-24-11-6-18)17(23)22-8-3-13(4-9-22)15-12-21-16-14(15)2-1-7-20-16;;/h1-2,7,12-13H,3-6,8-11,19H2,(H,20,21);2*1H. The molecule has 0 aromatic carbocycles. The highest BCUT2D eigenvalue weighted by Crippen LogP contribution is 2.33. The minimum absolute atomic E-state index is 0. The zero-order valence-corrected chi connectivity index (χ0v) is 16.3. The Morgan fingerprint density at radius 1 is 1.27 bits per heavy atom. The van der Waals surface area contributed by atoms with Crippen LogP contribution in [0.3, 0.4) is 0 Å². The van der Waals surface area contributed by atoms with Crippen molar-refractivity contribution in [2.75, 3.05) is 26.3 Å². The van der Waals surface area contributed by atoms with E-state index in [4.69, 9.17) is 10.5 Å². The van der Waals surface area contributed by atoms with Crippen LogP contribution in [0.25, 0.3) is 11.0 Å². The molecule has 1 amide bonds. The van der Waals surface area contributed by atoms with Crippen molar-refractivity contribution in [1.82, 2.24) is 14.9 Å². The van der Waals surface area contributed by atoms with Gasteiger partial charge >= 0.3 is 0 Å². The summed E-state index contributed by atoms with van der Waals surface area (Å²) in [4.78, 5) is 22.4. The molecule has 2 aliphatic heterocycles. The van der Waals surface area contributed by atoms with Crippen LogP contribution in [0.15, 0.2) is 24.5 Å². The van der Waals surface area contributed by atoms with Crippen LogP contribution in [-0.2, 0) is 9.53 Å². The molecule has 6 nitrogen and oxygen atoms in total. The first-order chi connectivity index (χ1) is 11.7. The first-order valence-electron chi connectivity index (χ1n) is 8.75. The van der Waals surface area contributed by atoms with Crippen LogP contribution >= 0.6 is 24.8 Å². The molecule has 0 bridgehead atoms. The van der Waals surface area contributed by atoms with Crippen molar-refractivity contribution in [1.29, 1.82) is 0 Å². The number of aromatic amines is 1. The third-order valence-corrected chi connectivity index (χ3v) is 5.52. The second-order valence-electron chi connectivity index (χ2n) is 6.98. The number of rotatable bonds is 2. The fourth-order valence-electron chi connectivity index (χ4n) is 3.97. The summed E-state index contributed by atoms with van der Waals surface area (Å²) in [6.45, 7) is 2.72. The normalized spacial score (nSPS) is 20.3. The van der Waals surface area contributed by atoms with Gasteiger partial charge in [-0.25, -0.2) is 4.98 Å². The third kappa shape index (κ3) is 3.83. The van der Waals surface area contributed by atoms with Crippen LogP contribution in [0, 0.1) is 0 Å². The van der Waals surface area contributed by atoms with Gasteiger partial charge in [-0.2, -0.15) is 0 Å². The Balaban J connectivity index is 0.00000121. The van der Waals surface area contributed by atoms with Crippen molar-refractivity contribution < 1.29 is 9.53 Å². The second kappa shape index (κ2) is 8.57. The lowest BCUT2D eigenvalue weighted by atomic mass is 9.86. The largest absolute Gasteiger partial charge is 0.381 e. The number of carbonyl (C=O) groups is 1. The summed E-state index contributed by atoms with van der Waals surface area (Å²) in [5, 5.41) is 1.20. The van der Waals surface area contributed by atoms with Gasteiger partial charge in [0.1, 0.15) is 5.65 Å². The molecular formula is C18H26Cl2N4O2. The van der Waals surface area contributed by atoms with E-state index in [9.17, 15) is 4.79 Å².